The van der Waals surface area contributed by atoms with Crippen molar-refractivity contribution in [3.8, 4) is 5.75 Å². The molecule has 0 bridgehead atoms. The monoisotopic (exact) mass is 491 g/mol. The Balaban J connectivity index is 1.48. The zero-order chi connectivity index (χ0) is 24.5. The van der Waals surface area contributed by atoms with E-state index in [1.807, 2.05) is 53.9 Å². The van der Waals surface area contributed by atoms with Crippen molar-refractivity contribution in [1.29, 1.82) is 0 Å². The molecule has 0 spiro atoms. The van der Waals surface area contributed by atoms with Crippen molar-refractivity contribution < 1.29 is 14.3 Å². The maximum atomic E-state index is 13.4. The quantitative estimate of drug-likeness (QED) is 0.440. The van der Waals surface area contributed by atoms with E-state index in [9.17, 15) is 9.59 Å². The standard InChI is InChI=1S/C28H33N3O3S/c1-34-23-14-12-22(13-15-23)25(31-16-6-3-7-17-31)20-29-27(32)24(19-21-9-4-2-5-10-21)30-28(33)26-11-8-18-35-26/h2,4-5,8-15,18,24-25H,3,6-7,16-17,19-20H2,1H3,(H,29,32)(H,30,33)/t24-,25-/m1/s1. The number of likely N-dealkylation sites (tertiary alicyclic amines) is 1. The summed E-state index contributed by atoms with van der Waals surface area (Å²) in [6.07, 6.45) is 4.00. The van der Waals surface area contributed by atoms with Crippen molar-refractivity contribution in [2.75, 3.05) is 26.7 Å². The van der Waals surface area contributed by atoms with E-state index in [2.05, 4.69) is 27.7 Å². The number of hydrogen-bond acceptors (Lipinski definition) is 5. The van der Waals surface area contributed by atoms with Gasteiger partial charge in [-0.2, -0.15) is 0 Å². The number of ether oxygens (including phenoxy) is 1. The van der Waals surface area contributed by atoms with Gasteiger partial charge in [0.25, 0.3) is 5.91 Å². The van der Waals surface area contributed by atoms with Gasteiger partial charge in [0, 0.05) is 13.0 Å². The summed E-state index contributed by atoms with van der Waals surface area (Å²) in [5.74, 6) is 0.419. The smallest absolute Gasteiger partial charge is 0.262 e. The second kappa shape index (κ2) is 12.5. The van der Waals surface area contributed by atoms with Crippen molar-refractivity contribution in [2.24, 2.45) is 0 Å². The molecule has 4 rings (SSSR count). The number of rotatable bonds is 10. The van der Waals surface area contributed by atoms with Gasteiger partial charge in [0.2, 0.25) is 5.91 Å². The summed E-state index contributed by atoms with van der Waals surface area (Å²) >= 11 is 1.37. The molecule has 0 radical (unpaired) electrons. The molecule has 35 heavy (non-hydrogen) atoms. The predicted octanol–water partition coefficient (Wildman–Crippen LogP) is 4.44. The highest BCUT2D eigenvalue weighted by Crippen LogP contribution is 2.26. The van der Waals surface area contributed by atoms with Gasteiger partial charge in [-0.05, 0) is 60.6 Å². The third kappa shape index (κ3) is 6.93. The van der Waals surface area contributed by atoms with Crippen molar-refractivity contribution in [3.05, 3.63) is 88.1 Å². The summed E-state index contributed by atoms with van der Waals surface area (Å²) in [5, 5.41) is 7.97. The average molecular weight is 492 g/mol. The van der Waals surface area contributed by atoms with Crippen LogP contribution in [0.5, 0.6) is 5.75 Å². The molecule has 0 unspecified atom stereocenters. The van der Waals surface area contributed by atoms with E-state index >= 15 is 0 Å². The molecule has 1 aliphatic heterocycles. The van der Waals surface area contributed by atoms with Gasteiger partial charge in [-0.1, -0.05) is 55.0 Å². The minimum atomic E-state index is -0.662. The summed E-state index contributed by atoms with van der Waals surface area (Å²) in [5.41, 5.74) is 2.15. The maximum absolute atomic E-state index is 13.4. The van der Waals surface area contributed by atoms with Gasteiger partial charge >= 0.3 is 0 Å². The molecule has 184 valence electrons. The molecule has 6 nitrogen and oxygen atoms in total. The summed E-state index contributed by atoms with van der Waals surface area (Å²) in [7, 11) is 1.66. The van der Waals surface area contributed by atoms with Crippen molar-refractivity contribution in [1.82, 2.24) is 15.5 Å². The summed E-state index contributed by atoms with van der Waals surface area (Å²) in [4.78, 5) is 29.2. The summed E-state index contributed by atoms with van der Waals surface area (Å²) < 4.78 is 5.33. The molecule has 1 fully saturated rings. The van der Waals surface area contributed by atoms with Gasteiger partial charge in [0.05, 0.1) is 18.0 Å². The Labute approximate surface area is 211 Å². The highest BCUT2D eigenvalue weighted by Gasteiger charge is 2.26. The van der Waals surface area contributed by atoms with Gasteiger partial charge in [0.15, 0.2) is 0 Å². The molecule has 3 aromatic rings. The lowest BCUT2D eigenvalue weighted by molar-refractivity contribution is -0.123. The molecule has 1 aliphatic rings. The lowest BCUT2D eigenvalue weighted by atomic mass is 10.0. The molecular weight excluding hydrogens is 458 g/mol. The van der Waals surface area contributed by atoms with Crippen LogP contribution in [0.4, 0.5) is 0 Å². The lowest BCUT2D eigenvalue weighted by Crippen LogP contribution is -2.50. The minimum Gasteiger partial charge on any atom is -0.497 e. The van der Waals surface area contributed by atoms with E-state index < -0.39 is 6.04 Å². The number of hydrogen-bond donors (Lipinski definition) is 2. The van der Waals surface area contributed by atoms with Crippen LogP contribution in [0.3, 0.4) is 0 Å². The third-order valence-corrected chi connectivity index (χ3v) is 7.32. The van der Waals surface area contributed by atoms with Gasteiger partial charge in [-0.15, -0.1) is 11.3 Å². The van der Waals surface area contributed by atoms with Crippen LogP contribution in [-0.4, -0.2) is 49.5 Å². The second-order valence-electron chi connectivity index (χ2n) is 8.82. The van der Waals surface area contributed by atoms with Crippen LogP contribution in [0.25, 0.3) is 0 Å². The number of methoxy groups -OCH3 is 1. The van der Waals surface area contributed by atoms with Gasteiger partial charge in [0.1, 0.15) is 11.8 Å². The first-order chi connectivity index (χ1) is 17.1. The molecule has 1 saturated heterocycles. The Morgan fingerprint density at radius 2 is 1.71 bits per heavy atom. The van der Waals surface area contributed by atoms with E-state index in [4.69, 9.17) is 4.74 Å². The van der Waals surface area contributed by atoms with Crippen molar-refractivity contribution in [3.63, 3.8) is 0 Å². The Morgan fingerprint density at radius 1 is 0.971 bits per heavy atom. The molecule has 7 heteroatoms. The first-order valence-corrected chi connectivity index (χ1v) is 13.1. The first kappa shape index (κ1) is 24.9. The Kier molecular flexibility index (Phi) is 8.92. The van der Waals surface area contributed by atoms with Gasteiger partial charge in [-0.25, -0.2) is 0 Å². The van der Waals surface area contributed by atoms with E-state index in [1.165, 1.54) is 17.8 Å². The number of benzene rings is 2. The summed E-state index contributed by atoms with van der Waals surface area (Å²) in [6.45, 7) is 2.50. The number of nitrogens with one attached hydrogen (secondary N) is 2. The number of carbonyl (C=O) groups excluding carboxylic acids is 2. The molecule has 2 heterocycles. The minimum absolute atomic E-state index is 0.0653. The molecule has 1 aromatic heterocycles. The van der Waals surface area contributed by atoms with Crippen LogP contribution in [0.2, 0.25) is 0 Å². The largest absolute Gasteiger partial charge is 0.497 e. The fraction of sp³-hybridized carbons (Fsp3) is 0.357. The Bertz CT molecular complexity index is 1060. The molecule has 0 saturated carbocycles. The van der Waals surface area contributed by atoms with E-state index in [0.717, 1.165) is 42.8 Å². The maximum Gasteiger partial charge on any atom is 0.262 e. The number of carbonyl (C=O) groups is 2. The zero-order valence-electron chi connectivity index (χ0n) is 20.1. The molecule has 2 atom stereocenters. The van der Waals surface area contributed by atoms with Gasteiger partial charge in [-0.3, -0.25) is 14.5 Å². The zero-order valence-corrected chi connectivity index (χ0v) is 20.9. The van der Waals surface area contributed by atoms with Crippen LogP contribution >= 0.6 is 11.3 Å². The number of piperidine rings is 1. The molecule has 2 amide bonds. The number of nitrogens with zero attached hydrogens (tertiary/aromatic N) is 1. The predicted molar refractivity (Wildman–Crippen MR) is 140 cm³/mol. The third-order valence-electron chi connectivity index (χ3n) is 6.45. The highest BCUT2D eigenvalue weighted by molar-refractivity contribution is 7.12. The second-order valence-corrected chi connectivity index (χ2v) is 9.77. The fourth-order valence-electron chi connectivity index (χ4n) is 4.53. The van der Waals surface area contributed by atoms with Crippen LogP contribution in [0.1, 0.15) is 46.1 Å². The van der Waals surface area contributed by atoms with Crippen LogP contribution in [-0.2, 0) is 11.2 Å². The lowest BCUT2D eigenvalue weighted by Gasteiger charge is -2.35. The molecule has 2 N–H and O–H groups in total. The topological polar surface area (TPSA) is 70.7 Å². The van der Waals surface area contributed by atoms with Crippen molar-refractivity contribution in [2.45, 2.75) is 37.8 Å². The first-order valence-electron chi connectivity index (χ1n) is 12.2. The molecule has 2 aromatic carbocycles. The number of thiophene rings is 1. The normalized spacial score (nSPS) is 15.7. The Hall–Kier alpha value is -3.16. The van der Waals surface area contributed by atoms with Crippen LogP contribution in [0.15, 0.2) is 72.1 Å². The van der Waals surface area contributed by atoms with Gasteiger partial charge < -0.3 is 15.4 Å². The van der Waals surface area contributed by atoms with E-state index in [-0.39, 0.29) is 17.9 Å². The van der Waals surface area contributed by atoms with Crippen LogP contribution < -0.4 is 15.4 Å². The molecular formula is C28H33N3O3S. The summed E-state index contributed by atoms with van der Waals surface area (Å²) in [6, 6.07) is 20.9. The van der Waals surface area contributed by atoms with E-state index in [0.29, 0.717) is 17.8 Å². The molecule has 0 aliphatic carbocycles. The number of amides is 2. The highest BCUT2D eigenvalue weighted by atomic mass is 32.1. The van der Waals surface area contributed by atoms with E-state index in [1.54, 1.807) is 13.2 Å². The van der Waals surface area contributed by atoms with Crippen molar-refractivity contribution >= 4 is 23.2 Å². The average Bonchev–Trinajstić information content (AvgIpc) is 3.45. The Morgan fingerprint density at radius 3 is 2.37 bits per heavy atom. The van der Waals surface area contributed by atoms with Crippen LogP contribution in [0, 0.1) is 0 Å². The fourth-order valence-corrected chi connectivity index (χ4v) is 5.16. The SMILES string of the molecule is COc1ccc([C@@H](CNC(=O)[C@@H](Cc2ccccc2)NC(=O)c2cccs2)N2CCCCC2)cc1.